The van der Waals surface area contributed by atoms with Crippen molar-refractivity contribution in [2.24, 2.45) is 0 Å². The zero-order valence-corrected chi connectivity index (χ0v) is 18.1. The van der Waals surface area contributed by atoms with Gasteiger partial charge in [0.25, 0.3) is 11.8 Å². The highest BCUT2D eigenvalue weighted by Gasteiger charge is 2.13. The van der Waals surface area contributed by atoms with E-state index in [1.54, 1.807) is 65.6 Å². The number of carbonyl (C=O) groups is 3. The van der Waals surface area contributed by atoms with Gasteiger partial charge in [-0.1, -0.05) is 12.1 Å². The normalized spacial score (nSPS) is 10.3. The fourth-order valence-corrected chi connectivity index (χ4v) is 3.12. The SMILES string of the molecule is CCN(CC)C(=O)c1cccc(NC(=O)CNc2cccc(NC(=O)c3ccco3)c2)c1. The van der Waals surface area contributed by atoms with E-state index in [1.807, 2.05) is 13.8 Å². The van der Waals surface area contributed by atoms with E-state index in [4.69, 9.17) is 4.42 Å². The van der Waals surface area contributed by atoms with Crippen LogP contribution in [0.2, 0.25) is 0 Å². The summed E-state index contributed by atoms with van der Waals surface area (Å²) >= 11 is 0. The monoisotopic (exact) mass is 434 g/mol. The molecular weight excluding hydrogens is 408 g/mol. The summed E-state index contributed by atoms with van der Waals surface area (Å²) in [4.78, 5) is 38.7. The predicted molar refractivity (Wildman–Crippen MR) is 124 cm³/mol. The van der Waals surface area contributed by atoms with Gasteiger partial charge in [-0.15, -0.1) is 0 Å². The molecule has 3 N–H and O–H groups in total. The molecule has 0 unspecified atom stereocenters. The molecule has 8 nitrogen and oxygen atoms in total. The Morgan fingerprint density at radius 2 is 1.53 bits per heavy atom. The largest absolute Gasteiger partial charge is 0.459 e. The van der Waals surface area contributed by atoms with Crippen molar-refractivity contribution in [2.45, 2.75) is 13.8 Å². The van der Waals surface area contributed by atoms with Gasteiger partial charge < -0.3 is 25.3 Å². The zero-order valence-electron chi connectivity index (χ0n) is 18.1. The Kier molecular flexibility index (Phi) is 7.64. The summed E-state index contributed by atoms with van der Waals surface area (Å²) in [6, 6.07) is 17.1. The summed E-state index contributed by atoms with van der Waals surface area (Å²) in [5.74, 6) is -0.478. The molecule has 2 aromatic carbocycles. The van der Waals surface area contributed by atoms with Crippen LogP contribution in [0.1, 0.15) is 34.8 Å². The number of hydrogen-bond acceptors (Lipinski definition) is 5. The lowest BCUT2D eigenvalue weighted by Gasteiger charge is -2.19. The molecule has 1 heterocycles. The third kappa shape index (κ3) is 5.98. The van der Waals surface area contributed by atoms with Crippen molar-refractivity contribution in [3.8, 4) is 0 Å². The summed E-state index contributed by atoms with van der Waals surface area (Å²) in [6.45, 7) is 5.11. The number of hydrogen-bond donors (Lipinski definition) is 3. The van der Waals surface area contributed by atoms with Crippen molar-refractivity contribution in [1.82, 2.24) is 4.90 Å². The molecule has 32 heavy (non-hydrogen) atoms. The lowest BCUT2D eigenvalue weighted by atomic mass is 10.1. The average Bonchev–Trinajstić information content (AvgIpc) is 3.34. The first-order valence-electron chi connectivity index (χ1n) is 10.4. The molecule has 3 aromatic rings. The van der Waals surface area contributed by atoms with Gasteiger partial charge in [-0.3, -0.25) is 14.4 Å². The minimum Gasteiger partial charge on any atom is -0.459 e. The summed E-state index contributed by atoms with van der Waals surface area (Å²) in [6.07, 6.45) is 1.43. The van der Waals surface area contributed by atoms with Crippen molar-refractivity contribution in [3.05, 3.63) is 78.3 Å². The summed E-state index contributed by atoms with van der Waals surface area (Å²) in [7, 11) is 0. The Morgan fingerprint density at radius 3 is 2.22 bits per heavy atom. The molecule has 0 saturated heterocycles. The zero-order chi connectivity index (χ0) is 22.9. The number of furan rings is 1. The number of rotatable bonds is 9. The second-order valence-electron chi connectivity index (χ2n) is 6.97. The van der Waals surface area contributed by atoms with Gasteiger partial charge in [0.15, 0.2) is 5.76 Å². The van der Waals surface area contributed by atoms with Gasteiger partial charge in [0, 0.05) is 35.7 Å². The summed E-state index contributed by atoms with van der Waals surface area (Å²) in [5.41, 5.74) is 2.32. The van der Waals surface area contributed by atoms with Crippen molar-refractivity contribution < 1.29 is 18.8 Å². The number of anilines is 3. The fourth-order valence-electron chi connectivity index (χ4n) is 3.12. The number of nitrogens with zero attached hydrogens (tertiary/aromatic N) is 1. The van der Waals surface area contributed by atoms with Gasteiger partial charge in [0.2, 0.25) is 5.91 Å². The second-order valence-corrected chi connectivity index (χ2v) is 6.97. The molecule has 3 rings (SSSR count). The molecule has 0 aliphatic rings. The van der Waals surface area contributed by atoms with E-state index in [1.165, 1.54) is 6.26 Å². The maximum absolute atomic E-state index is 12.5. The quantitative estimate of drug-likeness (QED) is 0.471. The molecule has 0 saturated carbocycles. The minimum absolute atomic E-state index is 0.0177. The molecule has 0 radical (unpaired) electrons. The maximum Gasteiger partial charge on any atom is 0.291 e. The summed E-state index contributed by atoms with van der Waals surface area (Å²) in [5, 5.41) is 8.56. The van der Waals surface area contributed by atoms with Crippen LogP contribution in [0, 0.1) is 0 Å². The molecule has 0 fully saturated rings. The molecule has 8 heteroatoms. The molecule has 166 valence electrons. The van der Waals surface area contributed by atoms with Crippen molar-refractivity contribution in [2.75, 3.05) is 35.6 Å². The third-order valence-corrected chi connectivity index (χ3v) is 4.76. The number of benzene rings is 2. The van der Waals surface area contributed by atoms with Crippen molar-refractivity contribution in [3.63, 3.8) is 0 Å². The Morgan fingerprint density at radius 1 is 0.844 bits per heavy atom. The molecular formula is C24H26N4O4. The van der Waals surface area contributed by atoms with Crippen molar-refractivity contribution in [1.29, 1.82) is 0 Å². The first kappa shape index (κ1) is 22.6. The van der Waals surface area contributed by atoms with E-state index in [0.717, 1.165) is 0 Å². The lowest BCUT2D eigenvalue weighted by Crippen LogP contribution is -2.30. The van der Waals surface area contributed by atoms with E-state index in [0.29, 0.717) is 35.7 Å². The van der Waals surface area contributed by atoms with Gasteiger partial charge in [-0.05, 0) is 62.4 Å². The van der Waals surface area contributed by atoms with Crippen LogP contribution in [0.3, 0.4) is 0 Å². The van der Waals surface area contributed by atoms with Crippen molar-refractivity contribution >= 4 is 34.8 Å². The van der Waals surface area contributed by atoms with Crippen LogP contribution in [0.25, 0.3) is 0 Å². The lowest BCUT2D eigenvalue weighted by molar-refractivity contribution is -0.114. The molecule has 0 aliphatic carbocycles. The highest BCUT2D eigenvalue weighted by atomic mass is 16.3. The van der Waals surface area contributed by atoms with E-state index in [-0.39, 0.29) is 30.0 Å². The number of amides is 3. The molecule has 0 spiro atoms. The van der Waals surface area contributed by atoms with Crippen LogP contribution in [-0.2, 0) is 4.79 Å². The first-order chi connectivity index (χ1) is 15.5. The Bertz CT molecular complexity index is 1080. The topological polar surface area (TPSA) is 104 Å². The van der Waals surface area contributed by atoms with Gasteiger partial charge in [0.05, 0.1) is 12.8 Å². The van der Waals surface area contributed by atoms with Gasteiger partial charge in [0.1, 0.15) is 0 Å². The van der Waals surface area contributed by atoms with Crippen LogP contribution in [0.15, 0.2) is 71.3 Å². The van der Waals surface area contributed by atoms with Crippen LogP contribution >= 0.6 is 0 Å². The van der Waals surface area contributed by atoms with E-state index >= 15 is 0 Å². The number of nitrogens with one attached hydrogen (secondary N) is 3. The third-order valence-electron chi connectivity index (χ3n) is 4.76. The van der Waals surface area contributed by atoms with Crippen LogP contribution in [0.5, 0.6) is 0 Å². The number of carbonyl (C=O) groups excluding carboxylic acids is 3. The molecule has 0 atom stereocenters. The van der Waals surface area contributed by atoms with E-state index < -0.39 is 0 Å². The minimum atomic E-state index is -0.357. The predicted octanol–water partition coefficient (Wildman–Crippen LogP) is 4.06. The maximum atomic E-state index is 12.5. The summed E-state index contributed by atoms with van der Waals surface area (Å²) < 4.78 is 5.08. The second kappa shape index (κ2) is 10.8. The van der Waals surface area contributed by atoms with E-state index in [9.17, 15) is 14.4 Å². The Labute approximate surface area is 186 Å². The highest BCUT2D eigenvalue weighted by molar-refractivity contribution is 6.02. The molecule has 1 aromatic heterocycles. The molecule has 0 bridgehead atoms. The Balaban J connectivity index is 1.56. The fraction of sp³-hybridized carbons (Fsp3) is 0.208. The standard InChI is InChI=1S/C24H26N4O4/c1-3-28(4-2)24(31)17-8-5-10-19(14-17)26-22(29)16-25-18-9-6-11-20(15-18)27-23(30)21-12-7-13-32-21/h5-15,25H,3-4,16H2,1-2H3,(H,26,29)(H,27,30). The average molecular weight is 434 g/mol. The van der Waals surface area contributed by atoms with Crippen LogP contribution in [-0.4, -0.2) is 42.3 Å². The van der Waals surface area contributed by atoms with Crippen LogP contribution in [0.4, 0.5) is 17.1 Å². The Hall–Kier alpha value is -4.07. The first-order valence-corrected chi connectivity index (χ1v) is 10.4. The van der Waals surface area contributed by atoms with Gasteiger partial charge in [-0.2, -0.15) is 0 Å². The molecule has 0 aliphatic heterocycles. The van der Waals surface area contributed by atoms with Crippen LogP contribution < -0.4 is 16.0 Å². The van der Waals surface area contributed by atoms with Gasteiger partial charge in [-0.25, -0.2) is 0 Å². The van der Waals surface area contributed by atoms with Gasteiger partial charge >= 0.3 is 0 Å². The van der Waals surface area contributed by atoms with E-state index in [2.05, 4.69) is 16.0 Å². The highest BCUT2D eigenvalue weighted by Crippen LogP contribution is 2.17. The smallest absolute Gasteiger partial charge is 0.291 e. The molecule has 3 amide bonds.